The average Bonchev–Trinajstić information content (AvgIpc) is 0.902. The molecule has 4 aromatic rings. The molecule has 0 spiro atoms. The number of carboxylic acids is 1. The molecule has 6 aliphatic carbocycles. The number of morpholine rings is 2. The molecule has 6 aliphatic heterocycles. The van der Waals surface area contributed by atoms with E-state index >= 15 is 0 Å². The highest BCUT2D eigenvalue weighted by atomic mass is 16.7. The molecule has 12 fully saturated rings. The number of benzene rings is 4. The van der Waals surface area contributed by atoms with E-state index in [-0.39, 0.29) is 69.1 Å². The summed E-state index contributed by atoms with van der Waals surface area (Å²) in [6, 6.07) is 31.9. The number of nitrogens with one attached hydrogen (secondary N) is 3. The number of aliphatic hydroxyl groups excluding tert-OH is 4. The molecule has 18 atom stereocenters. The van der Waals surface area contributed by atoms with Crippen molar-refractivity contribution in [3.63, 3.8) is 0 Å². The Morgan fingerprint density at radius 3 is 1.30 bits per heavy atom. The SMILES string of the molecule is C.C1COCCN1.CC(C)C[C@@H](CN1CCCC1)N(Cc1cccc(CN2O[C@@H](CO)[C@@H]([C@H](C)O)[C@H]2C(=O)N[C@H]2C[C@H]3C[C@@H]([C@@H]2C)C3(C)C)c1)Cc1ccccc1OCC(=O)N1CCOCC1.CC(C)C[C@@H](CN1CCCC1)N(Cc1cccc(CN2O[C@@H](CO)[C@@H]([C@H](C)O)[C@H]2C(=O)N[C@H]2C[C@H]3C[C@@H]([C@@H]2C)C3(C)C)c1)Cc1ccccc1OCC(=O)O. The quantitative estimate of drug-likeness (QED) is 0.0210. The van der Waals surface area contributed by atoms with E-state index in [0.717, 1.165) is 130 Å². The summed E-state index contributed by atoms with van der Waals surface area (Å²) in [6.07, 6.45) is 8.20. The number of aliphatic hydroxyl groups is 4. The number of carbonyl (C=O) groups is 4. The summed E-state index contributed by atoms with van der Waals surface area (Å²) in [5.41, 5.74) is 6.82. The Kier molecular flexibility index (Phi) is 35.5. The van der Waals surface area contributed by atoms with Crippen LogP contribution in [0.4, 0.5) is 0 Å². The number of rotatable bonds is 36. The van der Waals surface area contributed by atoms with Gasteiger partial charge in [-0.3, -0.25) is 33.9 Å². The first-order valence-electron chi connectivity index (χ1n) is 46.0. The number of hydroxylamine groups is 4. The molecule has 4 aromatic carbocycles. The molecule has 25 nitrogen and oxygen atoms in total. The zero-order valence-electron chi connectivity index (χ0n) is 74.8. The van der Waals surface area contributed by atoms with Gasteiger partial charge in [-0.1, -0.05) is 162 Å². The van der Waals surface area contributed by atoms with Crippen LogP contribution in [0.5, 0.6) is 11.5 Å². The Morgan fingerprint density at radius 1 is 0.533 bits per heavy atom. The Morgan fingerprint density at radius 2 is 0.934 bits per heavy atom. The molecule has 122 heavy (non-hydrogen) atoms. The van der Waals surface area contributed by atoms with Gasteiger partial charge in [-0.25, -0.2) is 4.79 Å². The third kappa shape index (κ3) is 24.7. The number of fused-ring (bicyclic) bond motifs is 4. The summed E-state index contributed by atoms with van der Waals surface area (Å²) < 4.78 is 22.5. The smallest absolute Gasteiger partial charge is 0.341 e. The normalized spacial score (nSPS) is 28.5. The second-order valence-corrected chi connectivity index (χ2v) is 39.0. The Balaban J connectivity index is 0.000000221. The zero-order valence-corrected chi connectivity index (χ0v) is 74.8. The molecule has 6 heterocycles. The van der Waals surface area contributed by atoms with Crippen LogP contribution in [-0.4, -0.2) is 263 Å². The first kappa shape index (κ1) is 96.4. The van der Waals surface area contributed by atoms with Crippen molar-refractivity contribution in [2.45, 2.75) is 255 Å². The highest BCUT2D eigenvalue weighted by Gasteiger charge is 2.59. The van der Waals surface area contributed by atoms with Gasteiger partial charge in [0.2, 0.25) is 11.8 Å². The van der Waals surface area contributed by atoms with Crippen LogP contribution in [0.1, 0.15) is 188 Å². The summed E-state index contributed by atoms with van der Waals surface area (Å²) >= 11 is 0. The van der Waals surface area contributed by atoms with E-state index in [4.69, 9.17) is 28.6 Å². The lowest BCUT2D eigenvalue weighted by atomic mass is 9.45. The molecule has 6 saturated carbocycles. The van der Waals surface area contributed by atoms with Gasteiger partial charge in [0.05, 0.1) is 64.9 Å². The molecule has 16 rings (SSSR count). The number of hydrogen-bond acceptors (Lipinski definition) is 21. The van der Waals surface area contributed by atoms with Crippen LogP contribution >= 0.6 is 0 Å². The minimum atomic E-state index is -1.01. The van der Waals surface area contributed by atoms with E-state index in [0.29, 0.717) is 129 Å². The van der Waals surface area contributed by atoms with Crippen LogP contribution in [0, 0.1) is 70.0 Å². The highest BCUT2D eigenvalue weighted by molar-refractivity contribution is 5.83. The fraction of sp³-hybridized carbons (Fsp3) is 0.711. The van der Waals surface area contributed by atoms with E-state index < -0.39 is 60.9 Å². The molecule has 0 aromatic heterocycles. The predicted molar refractivity (Wildman–Crippen MR) is 474 cm³/mol. The zero-order chi connectivity index (χ0) is 86.2. The summed E-state index contributed by atoms with van der Waals surface area (Å²) in [6.45, 7) is 41.2. The Bertz CT molecular complexity index is 3910. The van der Waals surface area contributed by atoms with Gasteiger partial charge in [0.25, 0.3) is 5.91 Å². The van der Waals surface area contributed by atoms with Crippen molar-refractivity contribution in [3.8, 4) is 11.5 Å². The summed E-state index contributed by atoms with van der Waals surface area (Å²) in [4.78, 5) is 77.8. The third-order valence-electron chi connectivity index (χ3n) is 29.0. The van der Waals surface area contributed by atoms with Gasteiger partial charge in [0.15, 0.2) is 13.2 Å². The third-order valence-corrected chi connectivity index (χ3v) is 29.0. The molecule has 12 aliphatic rings. The lowest BCUT2D eigenvalue weighted by Gasteiger charge is -2.62. The Labute approximate surface area is 728 Å². The molecule has 0 unspecified atom stereocenters. The Hall–Kier alpha value is -6.24. The van der Waals surface area contributed by atoms with Gasteiger partial charge >= 0.3 is 5.97 Å². The van der Waals surface area contributed by atoms with Crippen LogP contribution in [-0.2, 0) is 77.6 Å². The van der Waals surface area contributed by atoms with Gasteiger partial charge in [0, 0.05) is 113 Å². The van der Waals surface area contributed by atoms with Gasteiger partial charge in [0.1, 0.15) is 35.8 Å². The van der Waals surface area contributed by atoms with Crippen molar-refractivity contribution in [1.82, 2.24) is 50.6 Å². The molecule has 6 saturated heterocycles. The number of nitrogens with zero attached hydrogens (tertiary/aromatic N) is 7. The number of carbonyl (C=O) groups excluding carboxylic acids is 3. The lowest BCUT2D eigenvalue weighted by molar-refractivity contribution is -0.183. The molecule has 25 heteroatoms. The van der Waals surface area contributed by atoms with E-state index in [2.05, 4.69) is 147 Å². The van der Waals surface area contributed by atoms with Gasteiger partial charge in [-0.05, 0) is 197 Å². The maximum Gasteiger partial charge on any atom is 0.341 e. The molecule has 0 radical (unpaired) electrons. The fourth-order valence-corrected chi connectivity index (χ4v) is 22.1. The van der Waals surface area contributed by atoms with Crippen molar-refractivity contribution in [2.24, 2.45) is 70.0 Å². The minimum Gasteiger partial charge on any atom is -0.483 e. The van der Waals surface area contributed by atoms with Crippen LogP contribution in [0.3, 0.4) is 0 Å². The molecule has 8 N–H and O–H groups in total. The maximum absolute atomic E-state index is 14.3. The van der Waals surface area contributed by atoms with Gasteiger partial charge < -0.3 is 75.1 Å². The largest absolute Gasteiger partial charge is 0.483 e. The first-order valence-corrected chi connectivity index (χ1v) is 46.0. The average molecular weight is 1700 g/mol. The van der Waals surface area contributed by atoms with Crippen molar-refractivity contribution in [3.05, 3.63) is 130 Å². The van der Waals surface area contributed by atoms with E-state index in [9.17, 15) is 44.7 Å². The van der Waals surface area contributed by atoms with Crippen molar-refractivity contribution >= 4 is 23.7 Å². The van der Waals surface area contributed by atoms with E-state index in [1.54, 1.807) is 24.0 Å². The minimum absolute atomic E-state index is 0. The molecule has 3 amide bonds. The summed E-state index contributed by atoms with van der Waals surface area (Å²) in [7, 11) is 0. The number of carboxylic acid groups (broad SMARTS) is 1. The molecular weight excluding hydrogens is 1550 g/mol. The number of amides is 3. The van der Waals surface area contributed by atoms with E-state index in [1.807, 2.05) is 59.5 Å². The monoisotopic (exact) mass is 1700 g/mol. The van der Waals surface area contributed by atoms with Crippen LogP contribution in [0.25, 0.3) is 0 Å². The topological polar surface area (TPSA) is 284 Å². The number of aliphatic carboxylic acids is 1. The van der Waals surface area contributed by atoms with Crippen molar-refractivity contribution < 1.29 is 73.3 Å². The number of ether oxygens (including phenoxy) is 4. The standard InChI is InChI=1S/C48H73N5O7.C44H66N4O7.C4H9NO.CH4/c1-32(2)22-39(29-50-16-9-10-17-50)52(28-37-14-7-8-15-42(37)59-31-44(56)51-18-20-58-21-19-51)26-35-12-11-13-36(23-35)27-53-46(45(34(4)55)43(30-54)60-53)47(57)49-41-25-38-24-40(33(41)3)48(38,5)6;1-28(2)18-35(25-46-16-9-10-17-46)47(24-33-14-7-8-15-38(33)54-27-40(51)52)22-31-12-11-13-32(19-31)23-48-42(41(30(4)50)39(26-49)55-48)43(53)45-37-21-34-20-36(29(37)3)44(34,5)6;1-3-6-4-2-5-1;/h7-8,11-15,23,32-34,38-41,43,45-46,54-55H,9-10,16-22,24-31H2,1-6H3,(H,49,57);7-8,11-15,19,28-30,34-37,39,41-42,49-50H,9-10,16-18,20-27H2,1-6H3,(H,45,53)(H,51,52);5H,1-4H2;1H4/t33-,34-,38+,39-,40-,41-,43-,45+,46-;29-,30-,34+,35-,36-,37-,39-,41+,42-;;/m00../s1. The van der Waals surface area contributed by atoms with Crippen LogP contribution in [0.2, 0.25) is 0 Å². The number of para-hydroxylation sites is 2. The first-order chi connectivity index (χ1) is 58.1. The number of hydrogen-bond donors (Lipinski definition) is 8. The highest BCUT2D eigenvalue weighted by Crippen LogP contribution is 2.62. The predicted octanol–water partition coefficient (Wildman–Crippen LogP) is 10.7. The second-order valence-electron chi connectivity index (χ2n) is 39.0. The van der Waals surface area contributed by atoms with Crippen molar-refractivity contribution in [2.75, 3.05) is 118 Å². The van der Waals surface area contributed by atoms with Crippen LogP contribution in [0.15, 0.2) is 97.1 Å². The van der Waals surface area contributed by atoms with Crippen LogP contribution < -0.4 is 25.4 Å². The lowest BCUT2D eigenvalue weighted by Crippen LogP contribution is -2.62. The molecule has 4 bridgehead atoms. The molecule has 680 valence electrons. The van der Waals surface area contributed by atoms with Crippen molar-refractivity contribution in [1.29, 1.82) is 0 Å². The fourth-order valence-electron chi connectivity index (χ4n) is 22.1. The van der Waals surface area contributed by atoms with Gasteiger partial charge in [-0.2, -0.15) is 10.1 Å². The van der Waals surface area contributed by atoms with E-state index in [1.165, 1.54) is 38.5 Å². The molecular formula is C97H152N10O15. The van der Waals surface area contributed by atoms with Gasteiger partial charge in [-0.15, -0.1) is 0 Å². The maximum atomic E-state index is 14.3. The second kappa shape index (κ2) is 45.0. The summed E-state index contributed by atoms with van der Waals surface area (Å²) in [5.74, 6) is 2.88. The number of likely N-dealkylation sites (tertiary alicyclic amines) is 2. The summed E-state index contributed by atoms with van der Waals surface area (Å²) in [5, 5.41) is 65.4.